The average Bonchev–Trinajstić information content (AvgIpc) is 3.60. The molecule has 0 saturated carbocycles. The molecule has 0 aliphatic heterocycles. The van der Waals surface area contributed by atoms with Crippen molar-refractivity contribution in [1.82, 2.24) is 30.1 Å². The highest BCUT2D eigenvalue weighted by Gasteiger charge is 2.33. The molecule has 0 saturated heterocycles. The number of aromatic nitrogens is 5. The maximum Gasteiger partial charge on any atom is 0.253 e. The second-order valence-corrected chi connectivity index (χ2v) is 11.7. The van der Waals surface area contributed by atoms with Crippen molar-refractivity contribution in [1.29, 1.82) is 0 Å². The van der Waals surface area contributed by atoms with Crippen molar-refractivity contribution in [3.8, 4) is 0 Å². The molecule has 1 atom stereocenters. The Morgan fingerprint density at radius 1 is 1.03 bits per heavy atom. The Labute approximate surface area is 227 Å². The fourth-order valence-corrected chi connectivity index (χ4v) is 5.59. The molecule has 0 spiro atoms. The molecule has 196 valence electrons. The number of fused-ring (bicyclic) bond motifs is 1. The summed E-state index contributed by atoms with van der Waals surface area (Å²) in [5.74, 6) is 0.665. The quantitative estimate of drug-likeness (QED) is 0.265. The fourth-order valence-electron chi connectivity index (χ4n) is 4.86. The van der Waals surface area contributed by atoms with Gasteiger partial charge in [0.15, 0.2) is 5.82 Å². The summed E-state index contributed by atoms with van der Waals surface area (Å²) in [5, 5.41) is 16.1. The average molecular weight is 527 g/mol. The van der Waals surface area contributed by atoms with Gasteiger partial charge in [0.05, 0.1) is 5.54 Å². The van der Waals surface area contributed by atoms with Gasteiger partial charge in [0, 0.05) is 29.0 Å². The van der Waals surface area contributed by atoms with E-state index in [1.54, 1.807) is 11.3 Å². The largest absolute Gasteiger partial charge is 0.322 e. The monoisotopic (exact) mass is 526 g/mol. The molecule has 2 aromatic carbocycles. The number of aryl methyl sites for hydroxylation is 1. The van der Waals surface area contributed by atoms with Crippen molar-refractivity contribution in [3.05, 3.63) is 110 Å². The van der Waals surface area contributed by atoms with Crippen LogP contribution < -0.4 is 5.56 Å². The molecule has 0 fully saturated rings. The van der Waals surface area contributed by atoms with Crippen molar-refractivity contribution in [2.24, 2.45) is 0 Å². The van der Waals surface area contributed by atoms with Crippen molar-refractivity contribution in [3.63, 3.8) is 0 Å². The van der Waals surface area contributed by atoms with Crippen molar-refractivity contribution >= 4 is 22.2 Å². The number of H-pyrrole nitrogens is 1. The van der Waals surface area contributed by atoms with Gasteiger partial charge < -0.3 is 4.98 Å². The summed E-state index contributed by atoms with van der Waals surface area (Å²) in [7, 11) is 0. The number of thiophene rings is 1. The number of benzene rings is 2. The minimum Gasteiger partial charge on any atom is -0.322 e. The number of pyridine rings is 1. The van der Waals surface area contributed by atoms with Gasteiger partial charge in [-0.1, -0.05) is 49.4 Å². The van der Waals surface area contributed by atoms with Gasteiger partial charge in [-0.3, -0.25) is 9.69 Å². The van der Waals surface area contributed by atoms with Gasteiger partial charge in [-0.2, -0.15) is 0 Å². The number of tetrazole rings is 1. The number of aromatic amines is 1. The highest BCUT2D eigenvalue weighted by Crippen LogP contribution is 2.31. The molecule has 8 heteroatoms. The highest BCUT2D eigenvalue weighted by atomic mass is 32.1. The molecule has 0 aliphatic rings. The molecule has 0 radical (unpaired) electrons. The molecule has 3 aromatic heterocycles. The Kier molecular flexibility index (Phi) is 7.53. The lowest BCUT2D eigenvalue weighted by atomic mass is 10.00. The van der Waals surface area contributed by atoms with Crippen LogP contribution in [0.15, 0.2) is 76.9 Å². The zero-order chi connectivity index (χ0) is 26.7. The summed E-state index contributed by atoms with van der Waals surface area (Å²) >= 11 is 1.72. The third-order valence-corrected chi connectivity index (χ3v) is 7.71. The third-order valence-electron chi connectivity index (χ3n) is 6.85. The van der Waals surface area contributed by atoms with Gasteiger partial charge in [0.2, 0.25) is 0 Å². The zero-order valence-corrected chi connectivity index (χ0v) is 23.2. The Morgan fingerprint density at radius 2 is 1.84 bits per heavy atom. The molecule has 5 rings (SSSR count). The standard InChI is InChI=1S/C30H34N6OS/c1-5-21-13-14-26-23(18-21)19-25(29(37)31-26)27(28-32-33-34-36(28)30(2,3)4)35(20-24-12-9-17-38-24)16-15-22-10-7-6-8-11-22/h6-14,17-19,27H,5,15-16,20H2,1-4H3,(H,31,37)/t27-/m1/s1. The lowest BCUT2D eigenvalue weighted by Gasteiger charge is -2.32. The number of hydrogen-bond donors (Lipinski definition) is 1. The van der Waals surface area contributed by atoms with Gasteiger partial charge in [-0.05, 0) is 90.2 Å². The van der Waals surface area contributed by atoms with E-state index in [-0.39, 0.29) is 11.1 Å². The first kappa shape index (κ1) is 26.0. The van der Waals surface area contributed by atoms with Crippen molar-refractivity contribution < 1.29 is 0 Å². The van der Waals surface area contributed by atoms with E-state index in [0.29, 0.717) is 17.9 Å². The van der Waals surface area contributed by atoms with Crippen LogP contribution in [-0.4, -0.2) is 36.6 Å². The predicted octanol–water partition coefficient (Wildman–Crippen LogP) is 5.73. The minimum absolute atomic E-state index is 0.119. The summed E-state index contributed by atoms with van der Waals surface area (Å²) in [6.45, 7) is 9.79. The van der Waals surface area contributed by atoms with E-state index in [2.05, 4.69) is 107 Å². The van der Waals surface area contributed by atoms with Crippen LogP contribution in [0, 0.1) is 0 Å². The Hall–Kier alpha value is -3.62. The number of nitrogens with one attached hydrogen (secondary N) is 1. The predicted molar refractivity (Wildman–Crippen MR) is 153 cm³/mol. The van der Waals surface area contributed by atoms with Crippen LogP contribution in [-0.2, 0) is 24.9 Å². The first-order valence-corrected chi connectivity index (χ1v) is 14.0. The molecule has 38 heavy (non-hydrogen) atoms. The molecule has 1 N–H and O–H groups in total. The molecular weight excluding hydrogens is 492 g/mol. The number of rotatable bonds is 9. The Morgan fingerprint density at radius 3 is 2.55 bits per heavy atom. The summed E-state index contributed by atoms with van der Waals surface area (Å²) in [6, 6.07) is 22.5. The first-order valence-electron chi connectivity index (χ1n) is 13.1. The van der Waals surface area contributed by atoms with Crippen LogP contribution >= 0.6 is 11.3 Å². The van der Waals surface area contributed by atoms with Crippen LogP contribution in [0.25, 0.3) is 10.9 Å². The van der Waals surface area contributed by atoms with Crippen molar-refractivity contribution in [2.45, 2.75) is 58.7 Å². The van der Waals surface area contributed by atoms with Gasteiger partial charge in [-0.25, -0.2) is 4.68 Å². The maximum absolute atomic E-state index is 13.7. The van der Waals surface area contributed by atoms with Crippen LogP contribution in [0.1, 0.15) is 61.1 Å². The SMILES string of the molecule is CCc1ccc2[nH]c(=O)c([C@H](c3nnnn3C(C)(C)C)N(CCc3ccccc3)Cc3cccs3)cc2c1. The van der Waals surface area contributed by atoms with E-state index in [9.17, 15) is 4.79 Å². The zero-order valence-electron chi connectivity index (χ0n) is 22.4. The first-order chi connectivity index (χ1) is 18.3. The lowest BCUT2D eigenvalue weighted by Crippen LogP contribution is -2.38. The van der Waals surface area contributed by atoms with Gasteiger partial charge in [-0.15, -0.1) is 16.4 Å². The van der Waals surface area contributed by atoms with Gasteiger partial charge >= 0.3 is 0 Å². The molecule has 3 heterocycles. The maximum atomic E-state index is 13.7. The number of nitrogens with zero attached hydrogens (tertiary/aromatic N) is 5. The Bertz CT molecular complexity index is 1550. The second kappa shape index (κ2) is 11.0. The summed E-state index contributed by atoms with van der Waals surface area (Å²) in [4.78, 5) is 20.4. The molecule has 0 amide bonds. The van der Waals surface area contributed by atoms with E-state index < -0.39 is 6.04 Å². The van der Waals surface area contributed by atoms with Crippen molar-refractivity contribution in [2.75, 3.05) is 6.54 Å². The molecule has 0 unspecified atom stereocenters. The van der Waals surface area contributed by atoms with Gasteiger partial charge in [0.1, 0.15) is 6.04 Å². The Balaban J connectivity index is 1.68. The summed E-state index contributed by atoms with van der Waals surface area (Å²) < 4.78 is 1.85. The van der Waals surface area contributed by atoms with E-state index in [1.165, 1.54) is 16.0 Å². The van der Waals surface area contributed by atoms with Crippen LogP contribution in [0.5, 0.6) is 0 Å². The molecule has 7 nitrogen and oxygen atoms in total. The smallest absolute Gasteiger partial charge is 0.253 e. The molecule has 0 bridgehead atoms. The number of hydrogen-bond acceptors (Lipinski definition) is 6. The van der Waals surface area contributed by atoms with E-state index >= 15 is 0 Å². The summed E-state index contributed by atoms with van der Waals surface area (Å²) in [5.41, 5.74) is 3.48. The van der Waals surface area contributed by atoms with E-state index in [4.69, 9.17) is 0 Å². The van der Waals surface area contributed by atoms with Crippen LogP contribution in [0.3, 0.4) is 0 Å². The highest BCUT2D eigenvalue weighted by molar-refractivity contribution is 7.09. The minimum atomic E-state index is -0.437. The molecule has 0 aliphatic carbocycles. The molecule has 5 aromatic rings. The summed E-state index contributed by atoms with van der Waals surface area (Å²) in [6.07, 6.45) is 1.77. The fraction of sp³-hybridized carbons (Fsp3) is 0.333. The lowest BCUT2D eigenvalue weighted by molar-refractivity contribution is 0.196. The van der Waals surface area contributed by atoms with E-state index in [0.717, 1.165) is 30.3 Å². The van der Waals surface area contributed by atoms with E-state index in [1.807, 2.05) is 22.9 Å². The van der Waals surface area contributed by atoms with Crippen LogP contribution in [0.2, 0.25) is 0 Å². The second-order valence-electron chi connectivity index (χ2n) is 10.6. The van der Waals surface area contributed by atoms with Crippen LogP contribution in [0.4, 0.5) is 0 Å². The van der Waals surface area contributed by atoms with Gasteiger partial charge in [0.25, 0.3) is 5.56 Å². The topological polar surface area (TPSA) is 79.7 Å². The normalized spacial score (nSPS) is 12.9. The molecular formula is C30H34N6OS. The third kappa shape index (κ3) is 5.61.